The number of fused-ring (bicyclic) bond motifs is 16. The van der Waals surface area contributed by atoms with Crippen molar-refractivity contribution in [2.75, 3.05) is 4.90 Å². The largest absolute Gasteiger partial charge is 0.309 e. The van der Waals surface area contributed by atoms with Crippen LogP contribution in [0.2, 0.25) is 0 Å². The summed E-state index contributed by atoms with van der Waals surface area (Å²) in [4.78, 5) is 2.60. The standard InChI is InChI=1S/C61H45N/c1-59(2)48-27-11-5-19-39(48)43-36-35-38(37-54(43)59)62(55-33-16-10-23-44(55)46-26-17-25-45-42-22-6-12-28-49(42)60(3,4)58(45)46)56-34-18-32-53-57(56)47-24-9-15-31-52(47)61(53)50-29-13-7-20-40(50)41-21-8-14-30-51(41)61/h5-37H,1-4H3. The van der Waals surface area contributed by atoms with Crippen LogP contribution in [0.15, 0.2) is 200 Å². The van der Waals surface area contributed by atoms with Gasteiger partial charge in [-0.05, 0) is 113 Å². The monoisotopic (exact) mass is 791 g/mol. The maximum Gasteiger partial charge on any atom is 0.0726 e. The second-order valence-corrected chi connectivity index (χ2v) is 18.7. The van der Waals surface area contributed by atoms with E-state index >= 15 is 0 Å². The fourth-order valence-corrected chi connectivity index (χ4v) is 12.5. The van der Waals surface area contributed by atoms with Crippen LogP contribution in [0.5, 0.6) is 0 Å². The quantitative estimate of drug-likeness (QED) is 0.172. The van der Waals surface area contributed by atoms with Gasteiger partial charge in [-0.3, -0.25) is 0 Å². The molecule has 1 heteroatoms. The van der Waals surface area contributed by atoms with Gasteiger partial charge in [-0.1, -0.05) is 204 Å². The summed E-state index contributed by atoms with van der Waals surface area (Å²) in [6, 6.07) is 75.9. The normalized spacial score (nSPS) is 15.5. The number of anilines is 3. The lowest BCUT2D eigenvalue weighted by Gasteiger charge is -2.33. The van der Waals surface area contributed by atoms with Gasteiger partial charge < -0.3 is 4.90 Å². The van der Waals surface area contributed by atoms with Crippen molar-refractivity contribution in [3.8, 4) is 55.6 Å². The molecule has 0 fully saturated rings. The van der Waals surface area contributed by atoms with Gasteiger partial charge in [0, 0.05) is 27.6 Å². The summed E-state index contributed by atoms with van der Waals surface area (Å²) >= 11 is 0. The van der Waals surface area contributed by atoms with Crippen LogP contribution in [0.1, 0.15) is 72.2 Å². The van der Waals surface area contributed by atoms with E-state index in [9.17, 15) is 0 Å². The Labute approximate surface area is 364 Å². The highest BCUT2D eigenvalue weighted by molar-refractivity contribution is 6.03. The first-order valence-corrected chi connectivity index (χ1v) is 22.1. The first kappa shape index (κ1) is 35.5. The topological polar surface area (TPSA) is 3.24 Å². The SMILES string of the molecule is CC1(C)c2ccccc2-c2ccc(N(c3ccccc3-c3cccc4c3C(C)(C)c3ccccc3-4)c3cccc4c3-c3ccccc3C43c4ccccc4-c4ccccc43)cc21. The van der Waals surface area contributed by atoms with Gasteiger partial charge in [-0.2, -0.15) is 0 Å². The molecule has 4 aliphatic carbocycles. The molecule has 13 rings (SSSR count). The molecule has 0 saturated heterocycles. The molecule has 9 aromatic rings. The average Bonchev–Trinajstić information content (AvgIpc) is 3.95. The highest BCUT2D eigenvalue weighted by Crippen LogP contribution is 2.65. The Bertz CT molecular complexity index is 3330. The molecule has 0 bridgehead atoms. The molecule has 0 aliphatic heterocycles. The number of benzene rings is 9. The Hall–Kier alpha value is -7.22. The van der Waals surface area contributed by atoms with Gasteiger partial charge in [-0.25, -0.2) is 0 Å². The van der Waals surface area contributed by atoms with Crippen molar-refractivity contribution in [3.05, 3.63) is 245 Å². The van der Waals surface area contributed by atoms with E-state index in [1.165, 1.54) is 112 Å². The van der Waals surface area contributed by atoms with Gasteiger partial charge in [0.2, 0.25) is 0 Å². The Balaban J connectivity index is 1.12. The first-order chi connectivity index (χ1) is 30.3. The average molecular weight is 792 g/mol. The molecule has 1 nitrogen and oxygen atoms in total. The van der Waals surface area contributed by atoms with E-state index in [1.54, 1.807) is 0 Å². The number of nitrogens with zero attached hydrogens (tertiary/aromatic N) is 1. The zero-order valence-corrected chi connectivity index (χ0v) is 35.5. The van der Waals surface area contributed by atoms with Crippen molar-refractivity contribution in [1.29, 1.82) is 0 Å². The lowest BCUT2D eigenvalue weighted by Crippen LogP contribution is -2.26. The molecular weight excluding hydrogens is 747 g/mol. The van der Waals surface area contributed by atoms with Crippen LogP contribution in [0.25, 0.3) is 55.6 Å². The summed E-state index contributed by atoms with van der Waals surface area (Å²) in [7, 11) is 0. The van der Waals surface area contributed by atoms with Crippen molar-refractivity contribution in [2.45, 2.75) is 43.9 Å². The van der Waals surface area contributed by atoms with E-state index in [4.69, 9.17) is 0 Å². The second kappa shape index (κ2) is 12.4. The third-order valence-electron chi connectivity index (χ3n) is 15.1. The molecule has 9 aromatic carbocycles. The van der Waals surface area contributed by atoms with Crippen molar-refractivity contribution in [1.82, 2.24) is 0 Å². The minimum atomic E-state index is -0.446. The highest BCUT2D eigenvalue weighted by atomic mass is 15.1. The molecular formula is C61H45N. The molecule has 0 radical (unpaired) electrons. The van der Waals surface area contributed by atoms with Crippen LogP contribution in [0, 0.1) is 0 Å². The van der Waals surface area contributed by atoms with Crippen molar-refractivity contribution in [3.63, 3.8) is 0 Å². The van der Waals surface area contributed by atoms with Gasteiger partial charge >= 0.3 is 0 Å². The molecule has 294 valence electrons. The van der Waals surface area contributed by atoms with E-state index in [0.717, 1.165) is 5.69 Å². The van der Waals surface area contributed by atoms with Gasteiger partial charge in [-0.15, -0.1) is 0 Å². The number of rotatable bonds is 4. The second-order valence-electron chi connectivity index (χ2n) is 18.7. The number of para-hydroxylation sites is 1. The molecule has 0 unspecified atom stereocenters. The van der Waals surface area contributed by atoms with E-state index in [-0.39, 0.29) is 10.8 Å². The predicted octanol–water partition coefficient (Wildman–Crippen LogP) is 15.8. The molecule has 62 heavy (non-hydrogen) atoms. The summed E-state index contributed by atoms with van der Waals surface area (Å²) in [5.41, 5.74) is 26.7. The summed E-state index contributed by atoms with van der Waals surface area (Å²) in [5.74, 6) is 0. The zero-order chi connectivity index (χ0) is 41.5. The fraction of sp³-hybridized carbons (Fsp3) is 0.115. The van der Waals surface area contributed by atoms with Crippen LogP contribution < -0.4 is 4.90 Å². The van der Waals surface area contributed by atoms with Crippen molar-refractivity contribution in [2.24, 2.45) is 0 Å². The first-order valence-electron chi connectivity index (χ1n) is 22.1. The summed E-state index contributed by atoms with van der Waals surface area (Å²) in [6.07, 6.45) is 0. The number of hydrogen-bond acceptors (Lipinski definition) is 1. The van der Waals surface area contributed by atoms with E-state index in [0.29, 0.717) is 0 Å². The molecule has 0 heterocycles. The van der Waals surface area contributed by atoms with Crippen molar-refractivity contribution < 1.29 is 0 Å². The van der Waals surface area contributed by atoms with Gasteiger partial charge in [0.05, 0.1) is 16.8 Å². The van der Waals surface area contributed by atoms with E-state index < -0.39 is 5.41 Å². The summed E-state index contributed by atoms with van der Waals surface area (Å²) in [6.45, 7) is 9.59. The minimum absolute atomic E-state index is 0.157. The molecule has 0 N–H and O–H groups in total. The molecule has 0 atom stereocenters. The van der Waals surface area contributed by atoms with Crippen LogP contribution in [0.4, 0.5) is 17.1 Å². The molecule has 0 saturated carbocycles. The van der Waals surface area contributed by atoms with Gasteiger partial charge in [0.1, 0.15) is 0 Å². The van der Waals surface area contributed by atoms with Crippen molar-refractivity contribution >= 4 is 17.1 Å². The van der Waals surface area contributed by atoms with Gasteiger partial charge in [0.25, 0.3) is 0 Å². The third kappa shape index (κ3) is 4.38. The van der Waals surface area contributed by atoms with Crippen LogP contribution >= 0.6 is 0 Å². The zero-order valence-electron chi connectivity index (χ0n) is 35.5. The van der Waals surface area contributed by atoms with E-state index in [1.807, 2.05) is 0 Å². The highest BCUT2D eigenvalue weighted by Gasteiger charge is 2.52. The minimum Gasteiger partial charge on any atom is -0.309 e. The van der Waals surface area contributed by atoms with Crippen LogP contribution in [0.3, 0.4) is 0 Å². The molecule has 0 aromatic heterocycles. The lowest BCUT2D eigenvalue weighted by molar-refractivity contribution is 0.660. The van der Waals surface area contributed by atoms with Crippen LogP contribution in [-0.4, -0.2) is 0 Å². The van der Waals surface area contributed by atoms with Gasteiger partial charge in [0.15, 0.2) is 0 Å². The summed E-state index contributed by atoms with van der Waals surface area (Å²) in [5, 5.41) is 0. The molecule has 0 amide bonds. The third-order valence-corrected chi connectivity index (χ3v) is 15.1. The predicted molar refractivity (Wildman–Crippen MR) is 258 cm³/mol. The Morgan fingerprint density at radius 2 is 0.694 bits per heavy atom. The summed E-state index contributed by atoms with van der Waals surface area (Å²) < 4.78 is 0. The maximum atomic E-state index is 2.60. The molecule has 1 spiro atoms. The Morgan fingerprint density at radius 1 is 0.290 bits per heavy atom. The maximum absolute atomic E-state index is 2.60. The van der Waals surface area contributed by atoms with Crippen LogP contribution in [-0.2, 0) is 16.2 Å². The smallest absolute Gasteiger partial charge is 0.0726 e. The Kier molecular flexibility index (Phi) is 7.12. The van der Waals surface area contributed by atoms with E-state index in [2.05, 4.69) is 233 Å². The molecule has 4 aliphatic rings. The Morgan fingerprint density at radius 3 is 1.34 bits per heavy atom. The fourth-order valence-electron chi connectivity index (χ4n) is 12.5. The lowest BCUT2D eigenvalue weighted by atomic mass is 9.70. The number of hydrogen-bond donors (Lipinski definition) is 0.